The van der Waals surface area contributed by atoms with Crippen molar-refractivity contribution in [3.8, 4) is 22.4 Å². The minimum Gasteiger partial charge on any atom is -0.496 e. The minimum atomic E-state index is -3.82. The third-order valence-electron chi connectivity index (χ3n) is 5.17. The van der Waals surface area contributed by atoms with E-state index < -0.39 is 15.7 Å². The molecule has 0 aliphatic heterocycles. The normalized spacial score (nSPS) is 11.1. The number of aryl methyl sites for hydroxylation is 1. The molecule has 37 heavy (non-hydrogen) atoms. The summed E-state index contributed by atoms with van der Waals surface area (Å²) in [6.45, 7) is 1.60. The third kappa shape index (κ3) is 6.40. The van der Waals surface area contributed by atoms with E-state index in [0.717, 1.165) is 11.3 Å². The van der Waals surface area contributed by atoms with Gasteiger partial charge in [-0.1, -0.05) is 17.2 Å². The van der Waals surface area contributed by atoms with Crippen molar-refractivity contribution >= 4 is 32.8 Å². The van der Waals surface area contributed by atoms with Crippen molar-refractivity contribution in [2.75, 3.05) is 19.5 Å². The van der Waals surface area contributed by atoms with Crippen molar-refractivity contribution in [1.29, 1.82) is 0 Å². The Morgan fingerprint density at radius 1 is 0.946 bits per heavy atom. The maximum atomic E-state index is 13.4. The molecule has 12 heteroatoms. The van der Waals surface area contributed by atoms with Gasteiger partial charge in [-0.3, -0.25) is 4.79 Å². The Hall–Kier alpha value is -4.03. The van der Waals surface area contributed by atoms with Crippen LogP contribution < -0.4 is 19.5 Å². The molecule has 0 aliphatic carbocycles. The maximum Gasteiger partial charge on any atom is 0.300 e. The van der Waals surface area contributed by atoms with Crippen LogP contribution >= 0.6 is 11.3 Å². The molecule has 4 rings (SSSR count). The van der Waals surface area contributed by atoms with E-state index in [-0.39, 0.29) is 21.1 Å². The second-order valence-electron chi connectivity index (χ2n) is 7.86. The Kier molecular flexibility index (Phi) is 7.69. The molecule has 0 unspecified atom stereocenters. The van der Waals surface area contributed by atoms with Crippen LogP contribution in [-0.2, 0) is 15.6 Å². The molecule has 9 nitrogen and oxygen atoms in total. The molecule has 0 aliphatic rings. The molecule has 1 N–H and O–H groups in total. The number of aromatic nitrogens is 2. The van der Waals surface area contributed by atoms with Gasteiger partial charge in [0, 0.05) is 29.4 Å². The topological polar surface area (TPSA) is 117 Å². The number of nitrogens with one attached hydrogen (secondary N) is 1. The monoisotopic (exact) mass is 543 g/mol. The number of methoxy groups -OCH3 is 2. The molecule has 4 aromatic rings. The van der Waals surface area contributed by atoms with Crippen LogP contribution in [0, 0.1) is 12.7 Å². The molecule has 192 valence electrons. The van der Waals surface area contributed by atoms with Crippen LogP contribution in [-0.4, -0.2) is 38.7 Å². The molecule has 0 saturated heterocycles. The number of nitrogens with zero attached hydrogens (tertiary/aromatic N) is 2. The largest absolute Gasteiger partial charge is 0.496 e. The van der Waals surface area contributed by atoms with E-state index in [4.69, 9.17) is 14.2 Å². The summed E-state index contributed by atoms with van der Waals surface area (Å²) in [7, 11) is -0.822. The summed E-state index contributed by atoms with van der Waals surface area (Å²) >= 11 is 0.787. The highest BCUT2D eigenvalue weighted by Gasteiger charge is 2.22. The van der Waals surface area contributed by atoms with Crippen LogP contribution in [0.5, 0.6) is 22.4 Å². The fourth-order valence-electron chi connectivity index (χ4n) is 3.26. The summed E-state index contributed by atoms with van der Waals surface area (Å²) in [5.74, 6) is 0.237. The van der Waals surface area contributed by atoms with Crippen molar-refractivity contribution < 1.29 is 31.8 Å². The fraction of sp³-hybridized carbons (Fsp3) is 0.160. The van der Waals surface area contributed by atoms with Gasteiger partial charge in [-0.25, -0.2) is 12.8 Å². The highest BCUT2D eigenvalue weighted by Crippen LogP contribution is 2.33. The van der Waals surface area contributed by atoms with Gasteiger partial charge in [0.15, 0.2) is 0 Å². The number of benzene rings is 3. The Morgan fingerprint density at radius 2 is 1.59 bits per heavy atom. The van der Waals surface area contributed by atoms with E-state index in [1.807, 2.05) is 0 Å². The number of carbonyl (C=O) groups excluding carboxylic acids is 1. The highest BCUT2D eigenvalue weighted by atomic mass is 32.2. The number of hydrogen-bond acceptors (Lipinski definition) is 9. The van der Waals surface area contributed by atoms with Crippen molar-refractivity contribution in [3.63, 3.8) is 0 Å². The molecule has 0 atom stereocenters. The first-order chi connectivity index (χ1) is 17.7. The van der Waals surface area contributed by atoms with Gasteiger partial charge in [0.1, 0.15) is 23.1 Å². The number of anilines is 1. The molecule has 1 amide bonds. The SMILES string of the molecule is COc1cc(OC)cc(Oc2nnc(S(=O)(=O)Cc3ccc(C(=O)Nc4ccc(F)c(C)c4)cc3)s2)c1. The van der Waals surface area contributed by atoms with Crippen molar-refractivity contribution in [3.05, 3.63) is 83.2 Å². The average molecular weight is 544 g/mol. The average Bonchev–Trinajstić information content (AvgIpc) is 3.35. The Balaban J connectivity index is 1.42. The van der Waals surface area contributed by atoms with Crippen LogP contribution in [0.2, 0.25) is 0 Å². The summed E-state index contributed by atoms with van der Waals surface area (Å²) in [5.41, 5.74) is 1.65. The van der Waals surface area contributed by atoms with Crippen LogP contribution in [0.25, 0.3) is 0 Å². The lowest BCUT2D eigenvalue weighted by atomic mass is 10.1. The number of ether oxygens (including phenoxy) is 3. The van der Waals surface area contributed by atoms with Crippen LogP contribution in [0.15, 0.2) is 65.0 Å². The molecular weight excluding hydrogens is 521 g/mol. The Bertz CT molecular complexity index is 1520. The van der Waals surface area contributed by atoms with Gasteiger partial charge in [0.05, 0.1) is 20.0 Å². The second-order valence-corrected chi connectivity index (χ2v) is 11.0. The van der Waals surface area contributed by atoms with Gasteiger partial charge < -0.3 is 19.5 Å². The number of carbonyl (C=O) groups is 1. The van der Waals surface area contributed by atoms with Crippen molar-refractivity contribution in [2.24, 2.45) is 0 Å². The van der Waals surface area contributed by atoms with E-state index in [2.05, 4.69) is 15.5 Å². The predicted molar refractivity (Wildman–Crippen MR) is 136 cm³/mol. The first-order valence-corrected chi connectivity index (χ1v) is 13.3. The predicted octanol–water partition coefficient (Wildman–Crippen LogP) is 5.02. The number of hydrogen-bond donors (Lipinski definition) is 1. The summed E-state index contributed by atoms with van der Waals surface area (Å²) < 4.78 is 55.0. The van der Waals surface area contributed by atoms with Crippen LogP contribution in [0.4, 0.5) is 10.1 Å². The molecular formula is C25H22FN3O6S2. The molecule has 0 saturated carbocycles. The smallest absolute Gasteiger partial charge is 0.300 e. The first kappa shape index (κ1) is 26.0. The zero-order valence-electron chi connectivity index (χ0n) is 20.0. The minimum absolute atomic E-state index is 0.0388. The summed E-state index contributed by atoms with van der Waals surface area (Å²) in [5, 5.41) is 10.3. The third-order valence-corrected chi connectivity index (χ3v) is 8.11. The number of amides is 1. The number of rotatable bonds is 9. The molecule has 0 fully saturated rings. The zero-order valence-corrected chi connectivity index (χ0v) is 21.7. The van der Waals surface area contributed by atoms with Gasteiger partial charge in [0.2, 0.25) is 14.2 Å². The van der Waals surface area contributed by atoms with Gasteiger partial charge in [-0.05, 0) is 59.7 Å². The highest BCUT2D eigenvalue weighted by molar-refractivity contribution is 7.92. The zero-order chi connectivity index (χ0) is 26.6. The summed E-state index contributed by atoms with van der Waals surface area (Å²) in [6, 6.07) is 15.3. The van der Waals surface area contributed by atoms with E-state index in [9.17, 15) is 17.6 Å². The maximum absolute atomic E-state index is 13.4. The van der Waals surface area contributed by atoms with Crippen molar-refractivity contribution in [1.82, 2.24) is 10.2 Å². The molecule has 1 heterocycles. The summed E-state index contributed by atoms with van der Waals surface area (Å²) in [6.07, 6.45) is 0. The number of halogens is 1. The van der Waals surface area contributed by atoms with Gasteiger partial charge >= 0.3 is 5.19 Å². The van der Waals surface area contributed by atoms with Crippen LogP contribution in [0.1, 0.15) is 21.5 Å². The standard InChI is InChI=1S/C25H22FN3O6S2/c1-15-10-18(8-9-22(15)26)27-23(30)17-6-4-16(5-7-17)14-37(31,32)25-29-28-24(36-25)35-21-12-19(33-2)11-20(13-21)34-3/h4-13H,14H2,1-3H3,(H,27,30). The number of sulfone groups is 1. The van der Waals surface area contributed by atoms with Gasteiger partial charge in [-0.15, -0.1) is 5.10 Å². The fourth-order valence-corrected chi connectivity index (χ4v) is 5.53. The molecule has 1 aromatic heterocycles. The van der Waals surface area contributed by atoms with E-state index >= 15 is 0 Å². The van der Waals surface area contributed by atoms with E-state index in [0.29, 0.717) is 39.6 Å². The lowest BCUT2D eigenvalue weighted by Crippen LogP contribution is -2.12. The van der Waals surface area contributed by atoms with Crippen LogP contribution in [0.3, 0.4) is 0 Å². The van der Waals surface area contributed by atoms with Gasteiger partial charge in [-0.2, -0.15) is 0 Å². The summed E-state index contributed by atoms with van der Waals surface area (Å²) in [4.78, 5) is 12.5. The molecule has 3 aromatic carbocycles. The molecule has 0 spiro atoms. The molecule has 0 bridgehead atoms. The lowest BCUT2D eigenvalue weighted by molar-refractivity contribution is 0.102. The van der Waals surface area contributed by atoms with E-state index in [1.54, 1.807) is 37.3 Å². The lowest BCUT2D eigenvalue weighted by Gasteiger charge is -2.08. The Labute approximate surface area is 216 Å². The quantitative estimate of drug-likeness (QED) is 0.313. The molecule has 0 radical (unpaired) electrons. The first-order valence-electron chi connectivity index (χ1n) is 10.8. The van der Waals surface area contributed by atoms with E-state index in [1.165, 1.54) is 44.6 Å². The van der Waals surface area contributed by atoms with Gasteiger partial charge in [0.25, 0.3) is 5.91 Å². The second kappa shape index (κ2) is 10.9. The Morgan fingerprint density at radius 3 is 2.22 bits per heavy atom. The van der Waals surface area contributed by atoms with Crippen molar-refractivity contribution in [2.45, 2.75) is 17.0 Å².